The molecule has 7 heteroatoms. The fourth-order valence-corrected chi connectivity index (χ4v) is 3.28. The second kappa shape index (κ2) is 6.22. The number of aromatic nitrogens is 1. The van der Waals surface area contributed by atoms with Crippen molar-refractivity contribution >= 4 is 21.6 Å². The van der Waals surface area contributed by atoms with Crippen molar-refractivity contribution in [1.82, 2.24) is 9.71 Å². The molecular weight excluding hydrogens is 310 g/mol. The number of rotatable bonds is 4. The number of sulfonamides is 1. The molecule has 0 aliphatic heterocycles. The standard InChI is InChI=1S/C14H12ClN3O2S/c1-10(14-4-2-3-7-17-14)18-21(19,20)12-6-5-11(9-16)13(15)8-12/h2-8,10,18H,1H3/t10-/m0/s1. The summed E-state index contributed by atoms with van der Waals surface area (Å²) in [5, 5.41) is 8.90. The van der Waals surface area contributed by atoms with Gasteiger partial charge in [0.2, 0.25) is 10.0 Å². The molecule has 0 aliphatic carbocycles. The zero-order valence-corrected chi connectivity index (χ0v) is 12.7. The first-order valence-electron chi connectivity index (χ1n) is 6.07. The summed E-state index contributed by atoms with van der Waals surface area (Å²) in [6.07, 6.45) is 1.60. The van der Waals surface area contributed by atoms with Gasteiger partial charge in [-0.15, -0.1) is 0 Å². The van der Waals surface area contributed by atoms with Gasteiger partial charge in [-0.1, -0.05) is 17.7 Å². The van der Waals surface area contributed by atoms with E-state index in [1.807, 2.05) is 6.07 Å². The Morgan fingerprint density at radius 3 is 2.67 bits per heavy atom. The van der Waals surface area contributed by atoms with Crippen LogP contribution in [0.15, 0.2) is 47.5 Å². The zero-order valence-electron chi connectivity index (χ0n) is 11.1. The van der Waals surface area contributed by atoms with Crippen molar-refractivity contribution in [3.63, 3.8) is 0 Å². The van der Waals surface area contributed by atoms with Gasteiger partial charge in [-0.2, -0.15) is 5.26 Å². The molecule has 0 unspecified atom stereocenters. The van der Waals surface area contributed by atoms with Crippen molar-refractivity contribution in [3.8, 4) is 6.07 Å². The second-order valence-electron chi connectivity index (χ2n) is 4.35. The zero-order chi connectivity index (χ0) is 15.5. The van der Waals surface area contributed by atoms with E-state index >= 15 is 0 Å². The molecule has 0 aliphatic rings. The Hall–Kier alpha value is -1.94. The maximum Gasteiger partial charge on any atom is 0.241 e. The van der Waals surface area contributed by atoms with Crippen molar-refractivity contribution in [3.05, 3.63) is 58.9 Å². The third-order valence-electron chi connectivity index (χ3n) is 2.83. The van der Waals surface area contributed by atoms with Gasteiger partial charge in [0.25, 0.3) is 0 Å². The SMILES string of the molecule is C[C@H](NS(=O)(=O)c1ccc(C#N)c(Cl)c1)c1ccccn1. The Morgan fingerprint density at radius 2 is 2.10 bits per heavy atom. The van der Waals surface area contributed by atoms with E-state index in [0.717, 1.165) is 0 Å². The molecule has 0 bridgehead atoms. The minimum Gasteiger partial charge on any atom is -0.260 e. The van der Waals surface area contributed by atoms with Gasteiger partial charge < -0.3 is 0 Å². The molecule has 0 saturated carbocycles. The first-order chi connectivity index (χ1) is 9.94. The van der Waals surface area contributed by atoms with Gasteiger partial charge in [0, 0.05) is 6.20 Å². The van der Waals surface area contributed by atoms with Crippen molar-refractivity contribution in [2.45, 2.75) is 17.9 Å². The third-order valence-corrected chi connectivity index (χ3v) is 4.69. The van der Waals surface area contributed by atoms with Gasteiger partial charge in [-0.25, -0.2) is 13.1 Å². The number of nitrogens with one attached hydrogen (secondary N) is 1. The quantitative estimate of drug-likeness (QED) is 0.938. The molecule has 5 nitrogen and oxygen atoms in total. The van der Waals surface area contributed by atoms with Crippen LogP contribution in [0.25, 0.3) is 0 Å². The molecular formula is C14H12ClN3O2S. The van der Waals surface area contributed by atoms with Crippen LogP contribution in [-0.2, 0) is 10.0 Å². The summed E-state index contributed by atoms with van der Waals surface area (Å²) in [6, 6.07) is 10.7. The van der Waals surface area contributed by atoms with Gasteiger partial charge in [-0.3, -0.25) is 4.98 Å². The normalized spacial score (nSPS) is 12.6. The van der Waals surface area contributed by atoms with E-state index in [0.29, 0.717) is 5.69 Å². The lowest BCUT2D eigenvalue weighted by Crippen LogP contribution is -2.27. The fourth-order valence-electron chi connectivity index (χ4n) is 1.75. The van der Waals surface area contributed by atoms with E-state index in [2.05, 4.69) is 9.71 Å². The van der Waals surface area contributed by atoms with Crippen LogP contribution >= 0.6 is 11.6 Å². The van der Waals surface area contributed by atoms with Gasteiger partial charge >= 0.3 is 0 Å². The maximum absolute atomic E-state index is 12.3. The Morgan fingerprint density at radius 1 is 1.33 bits per heavy atom. The molecule has 1 atom stereocenters. The van der Waals surface area contributed by atoms with Gasteiger partial charge in [-0.05, 0) is 37.3 Å². The van der Waals surface area contributed by atoms with Crippen LogP contribution in [0, 0.1) is 11.3 Å². The molecule has 2 rings (SSSR count). The maximum atomic E-state index is 12.3. The van der Waals surface area contributed by atoms with Crippen LogP contribution in [0.5, 0.6) is 0 Å². The van der Waals surface area contributed by atoms with Crippen molar-refractivity contribution in [1.29, 1.82) is 5.26 Å². The second-order valence-corrected chi connectivity index (χ2v) is 6.47. The summed E-state index contributed by atoms with van der Waals surface area (Å²) in [4.78, 5) is 4.11. The molecule has 21 heavy (non-hydrogen) atoms. The average Bonchev–Trinajstić information content (AvgIpc) is 2.47. The van der Waals surface area contributed by atoms with Crippen LogP contribution in [-0.4, -0.2) is 13.4 Å². The van der Waals surface area contributed by atoms with Crippen LogP contribution in [0.2, 0.25) is 5.02 Å². The highest BCUT2D eigenvalue weighted by atomic mass is 35.5. The van der Waals surface area contributed by atoms with Crippen LogP contribution in [0.4, 0.5) is 0 Å². The molecule has 1 heterocycles. The van der Waals surface area contributed by atoms with E-state index in [9.17, 15) is 8.42 Å². The predicted molar refractivity (Wildman–Crippen MR) is 79.1 cm³/mol. The summed E-state index contributed by atoms with van der Waals surface area (Å²) in [7, 11) is -3.74. The topological polar surface area (TPSA) is 82.9 Å². The summed E-state index contributed by atoms with van der Waals surface area (Å²) in [6.45, 7) is 1.70. The molecule has 108 valence electrons. The number of pyridine rings is 1. The van der Waals surface area contributed by atoms with Crippen LogP contribution in [0.3, 0.4) is 0 Å². The number of nitrogens with zero attached hydrogens (tertiary/aromatic N) is 2. The van der Waals surface area contributed by atoms with Crippen LogP contribution < -0.4 is 4.72 Å². The first kappa shape index (κ1) is 15.4. The minimum absolute atomic E-state index is 0.00859. The van der Waals surface area contributed by atoms with E-state index < -0.39 is 16.1 Å². The summed E-state index contributed by atoms with van der Waals surface area (Å²) >= 11 is 5.86. The van der Waals surface area contributed by atoms with E-state index in [4.69, 9.17) is 16.9 Å². The summed E-state index contributed by atoms with van der Waals surface area (Å²) < 4.78 is 27.1. The Labute approximate surface area is 128 Å². The number of halogens is 1. The lowest BCUT2D eigenvalue weighted by atomic mass is 10.2. The number of benzene rings is 1. The third kappa shape index (κ3) is 3.58. The Kier molecular flexibility index (Phi) is 4.58. The molecule has 1 N–H and O–H groups in total. The average molecular weight is 322 g/mol. The van der Waals surface area contributed by atoms with Crippen molar-refractivity contribution in [2.24, 2.45) is 0 Å². The highest BCUT2D eigenvalue weighted by Crippen LogP contribution is 2.21. The molecule has 1 aromatic carbocycles. The summed E-state index contributed by atoms with van der Waals surface area (Å²) in [5.41, 5.74) is 0.842. The number of hydrogen-bond acceptors (Lipinski definition) is 4. The van der Waals surface area contributed by atoms with Crippen molar-refractivity contribution < 1.29 is 8.42 Å². The first-order valence-corrected chi connectivity index (χ1v) is 7.93. The van der Waals surface area contributed by atoms with Gasteiger partial charge in [0.15, 0.2) is 0 Å². The predicted octanol–water partition coefficient (Wildman–Crippen LogP) is 2.65. The molecule has 0 fully saturated rings. The van der Waals surface area contributed by atoms with Crippen LogP contribution in [0.1, 0.15) is 24.2 Å². The molecule has 0 radical (unpaired) electrons. The Balaban J connectivity index is 2.27. The molecule has 0 amide bonds. The largest absolute Gasteiger partial charge is 0.260 e. The smallest absolute Gasteiger partial charge is 0.241 e. The summed E-state index contributed by atoms with van der Waals surface area (Å²) in [5.74, 6) is 0. The number of nitriles is 1. The number of hydrogen-bond donors (Lipinski definition) is 1. The van der Waals surface area contributed by atoms with Gasteiger partial charge in [0.05, 0.1) is 27.2 Å². The lowest BCUT2D eigenvalue weighted by molar-refractivity contribution is 0.564. The lowest BCUT2D eigenvalue weighted by Gasteiger charge is -2.14. The van der Waals surface area contributed by atoms with Gasteiger partial charge in [0.1, 0.15) is 6.07 Å². The Bertz CT molecular complexity index is 786. The molecule has 0 spiro atoms. The minimum atomic E-state index is -3.74. The van der Waals surface area contributed by atoms with E-state index in [1.165, 1.54) is 18.2 Å². The monoisotopic (exact) mass is 321 g/mol. The molecule has 2 aromatic rings. The highest BCUT2D eigenvalue weighted by molar-refractivity contribution is 7.89. The van der Waals surface area contributed by atoms with E-state index in [1.54, 1.807) is 31.3 Å². The molecule has 0 saturated heterocycles. The fraction of sp³-hybridized carbons (Fsp3) is 0.143. The van der Waals surface area contributed by atoms with Crippen molar-refractivity contribution in [2.75, 3.05) is 0 Å². The van der Waals surface area contributed by atoms with E-state index in [-0.39, 0.29) is 15.5 Å². The highest BCUT2D eigenvalue weighted by Gasteiger charge is 2.20. The molecule has 1 aromatic heterocycles.